The van der Waals surface area contributed by atoms with Gasteiger partial charge in [-0.25, -0.2) is 4.79 Å². The first-order valence-corrected chi connectivity index (χ1v) is 5.83. The van der Waals surface area contributed by atoms with E-state index in [4.69, 9.17) is 14.4 Å². The largest absolute Gasteiger partial charge is 0.507 e. The summed E-state index contributed by atoms with van der Waals surface area (Å²) in [6.07, 6.45) is 0. The van der Waals surface area contributed by atoms with Crippen molar-refractivity contribution in [1.82, 2.24) is 5.16 Å². The van der Waals surface area contributed by atoms with Crippen molar-refractivity contribution in [3.8, 4) is 5.75 Å². The highest BCUT2D eigenvalue weighted by Gasteiger charge is 2.15. The molecule has 0 bridgehead atoms. The van der Waals surface area contributed by atoms with E-state index in [0.717, 1.165) is 6.07 Å². The Labute approximate surface area is 118 Å². The molecule has 0 radical (unpaired) electrons. The zero-order valence-corrected chi connectivity index (χ0v) is 11.0. The van der Waals surface area contributed by atoms with Crippen LogP contribution in [0, 0.1) is 0 Å². The summed E-state index contributed by atoms with van der Waals surface area (Å²) in [5.41, 5.74) is -0.0634. The fraction of sp³-hybridized carbons (Fsp3) is 0.154. The second-order valence-corrected chi connectivity index (χ2v) is 4.10. The molecule has 8 heteroatoms. The van der Waals surface area contributed by atoms with Gasteiger partial charge in [0.05, 0.1) is 0 Å². The summed E-state index contributed by atoms with van der Waals surface area (Å²) in [5, 5.41) is 24.3. The first kappa shape index (κ1) is 14.5. The standard InChI is InChI=1S/C13H12N2O6/c1-20-6-8-5-10(15-21-8)12(17)14-7-2-3-11(16)9(4-7)13(18)19/h2-5,16H,6H2,1H3,(H,14,17)(H,18,19). The molecule has 0 aliphatic rings. The maximum atomic E-state index is 11.9. The number of aromatic nitrogens is 1. The topological polar surface area (TPSA) is 122 Å². The Balaban J connectivity index is 2.15. The van der Waals surface area contributed by atoms with Crippen LogP contribution in [0.2, 0.25) is 0 Å². The van der Waals surface area contributed by atoms with Gasteiger partial charge in [0, 0.05) is 18.9 Å². The third-order valence-electron chi connectivity index (χ3n) is 2.56. The van der Waals surface area contributed by atoms with Gasteiger partial charge in [-0.15, -0.1) is 0 Å². The molecule has 1 aromatic carbocycles. The fourth-order valence-electron chi connectivity index (χ4n) is 1.61. The molecule has 1 heterocycles. The number of carboxylic acids is 1. The van der Waals surface area contributed by atoms with Crippen molar-refractivity contribution in [1.29, 1.82) is 0 Å². The number of nitrogens with zero attached hydrogens (tertiary/aromatic N) is 1. The molecular formula is C13H12N2O6. The molecule has 1 amide bonds. The van der Waals surface area contributed by atoms with Crippen LogP contribution in [0.25, 0.3) is 0 Å². The predicted octanol–water partition coefficient (Wildman–Crippen LogP) is 1.48. The van der Waals surface area contributed by atoms with E-state index in [2.05, 4.69) is 10.5 Å². The van der Waals surface area contributed by atoms with Gasteiger partial charge in [-0.05, 0) is 18.2 Å². The average Bonchev–Trinajstić information content (AvgIpc) is 2.90. The number of hydrogen-bond acceptors (Lipinski definition) is 6. The van der Waals surface area contributed by atoms with E-state index in [-0.39, 0.29) is 29.3 Å². The number of amides is 1. The van der Waals surface area contributed by atoms with E-state index >= 15 is 0 Å². The minimum atomic E-state index is -1.30. The normalized spacial score (nSPS) is 10.3. The van der Waals surface area contributed by atoms with Crippen LogP contribution in [0.15, 0.2) is 28.8 Å². The van der Waals surface area contributed by atoms with E-state index < -0.39 is 11.9 Å². The number of carboxylic acid groups (broad SMARTS) is 1. The second-order valence-electron chi connectivity index (χ2n) is 4.10. The number of phenols is 1. The van der Waals surface area contributed by atoms with Crippen molar-refractivity contribution < 1.29 is 29.1 Å². The zero-order valence-electron chi connectivity index (χ0n) is 11.0. The van der Waals surface area contributed by atoms with Crippen molar-refractivity contribution in [2.45, 2.75) is 6.61 Å². The minimum Gasteiger partial charge on any atom is -0.507 e. The molecule has 1 aromatic heterocycles. The van der Waals surface area contributed by atoms with Crippen molar-refractivity contribution in [2.75, 3.05) is 12.4 Å². The van der Waals surface area contributed by atoms with Crippen LogP contribution in [0.5, 0.6) is 5.75 Å². The molecule has 0 spiro atoms. The molecule has 0 saturated carbocycles. The maximum absolute atomic E-state index is 11.9. The lowest BCUT2D eigenvalue weighted by Gasteiger charge is -2.05. The summed E-state index contributed by atoms with van der Waals surface area (Å²) < 4.78 is 9.71. The molecule has 0 aliphatic carbocycles. The Morgan fingerprint density at radius 1 is 1.38 bits per heavy atom. The number of nitrogens with one attached hydrogen (secondary N) is 1. The quantitative estimate of drug-likeness (QED) is 0.713. The summed E-state index contributed by atoms with van der Waals surface area (Å²) in [4.78, 5) is 22.8. The van der Waals surface area contributed by atoms with Gasteiger partial charge >= 0.3 is 5.97 Å². The van der Waals surface area contributed by atoms with Gasteiger partial charge in [0.15, 0.2) is 11.5 Å². The van der Waals surface area contributed by atoms with Crippen LogP contribution in [0.4, 0.5) is 5.69 Å². The van der Waals surface area contributed by atoms with E-state index in [1.807, 2.05) is 0 Å². The van der Waals surface area contributed by atoms with E-state index in [1.54, 1.807) is 0 Å². The van der Waals surface area contributed by atoms with Crippen LogP contribution < -0.4 is 5.32 Å². The third kappa shape index (κ3) is 3.37. The SMILES string of the molecule is COCc1cc(C(=O)Nc2ccc(O)c(C(=O)O)c2)no1. The highest BCUT2D eigenvalue weighted by Crippen LogP contribution is 2.21. The summed E-state index contributed by atoms with van der Waals surface area (Å²) in [6.45, 7) is 0.183. The number of carbonyl (C=O) groups excluding carboxylic acids is 1. The molecular weight excluding hydrogens is 280 g/mol. The van der Waals surface area contributed by atoms with Gasteiger partial charge < -0.3 is 24.8 Å². The number of aromatic hydroxyl groups is 1. The number of anilines is 1. The van der Waals surface area contributed by atoms with Gasteiger partial charge in [-0.1, -0.05) is 5.16 Å². The van der Waals surface area contributed by atoms with Crippen molar-refractivity contribution in [3.05, 3.63) is 41.3 Å². The number of ether oxygens (including phenoxy) is 1. The smallest absolute Gasteiger partial charge is 0.339 e. The summed E-state index contributed by atoms with van der Waals surface area (Å²) >= 11 is 0. The lowest BCUT2D eigenvalue weighted by Crippen LogP contribution is -2.12. The monoisotopic (exact) mass is 292 g/mol. The molecule has 0 atom stereocenters. The Morgan fingerprint density at radius 3 is 2.81 bits per heavy atom. The first-order valence-electron chi connectivity index (χ1n) is 5.83. The number of hydrogen-bond donors (Lipinski definition) is 3. The van der Waals surface area contributed by atoms with Crippen LogP contribution in [0.1, 0.15) is 26.6 Å². The number of methoxy groups -OCH3 is 1. The van der Waals surface area contributed by atoms with E-state index in [1.165, 1.54) is 25.3 Å². The highest BCUT2D eigenvalue weighted by molar-refractivity contribution is 6.03. The van der Waals surface area contributed by atoms with Crippen molar-refractivity contribution in [3.63, 3.8) is 0 Å². The minimum absolute atomic E-state index is 0.0343. The van der Waals surface area contributed by atoms with Crippen LogP contribution in [-0.2, 0) is 11.3 Å². The molecule has 0 unspecified atom stereocenters. The van der Waals surface area contributed by atoms with Gasteiger partial charge in [-0.2, -0.15) is 0 Å². The van der Waals surface area contributed by atoms with Crippen molar-refractivity contribution >= 4 is 17.6 Å². The van der Waals surface area contributed by atoms with Gasteiger partial charge in [0.2, 0.25) is 0 Å². The summed E-state index contributed by atoms with van der Waals surface area (Å²) in [7, 11) is 1.48. The molecule has 3 N–H and O–H groups in total. The lowest BCUT2D eigenvalue weighted by atomic mass is 10.1. The number of benzene rings is 1. The summed E-state index contributed by atoms with van der Waals surface area (Å²) in [5.74, 6) is -1.86. The molecule has 2 aromatic rings. The van der Waals surface area contributed by atoms with Gasteiger partial charge in [0.25, 0.3) is 5.91 Å². The van der Waals surface area contributed by atoms with E-state index in [9.17, 15) is 14.7 Å². The molecule has 110 valence electrons. The Bertz CT molecular complexity index is 679. The van der Waals surface area contributed by atoms with Crippen LogP contribution in [-0.4, -0.2) is 34.4 Å². The fourth-order valence-corrected chi connectivity index (χ4v) is 1.61. The molecule has 0 fully saturated rings. The lowest BCUT2D eigenvalue weighted by molar-refractivity contribution is 0.0693. The second kappa shape index (κ2) is 6.06. The molecule has 21 heavy (non-hydrogen) atoms. The summed E-state index contributed by atoms with van der Waals surface area (Å²) in [6, 6.07) is 5.11. The van der Waals surface area contributed by atoms with Gasteiger partial charge in [-0.3, -0.25) is 4.79 Å². The first-order chi connectivity index (χ1) is 10.0. The van der Waals surface area contributed by atoms with E-state index in [0.29, 0.717) is 5.76 Å². The molecule has 0 aliphatic heterocycles. The molecule has 0 saturated heterocycles. The number of aromatic carboxylic acids is 1. The van der Waals surface area contributed by atoms with Crippen molar-refractivity contribution in [2.24, 2.45) is 0 Å². The zero-order chi connectivity index (χ0) is 15.4. The molecule has 8 nitrogen and oxygen atoms in total. The van der Waals surface area contributed by atoms with Crippen LogP contribution in [0.3, 0.4) is 0 Å². The Hall–Kier alpha value is -2.87. The maximum Gasteiger partial charge on any atom is 0.339 e. The number of rotatable bonds is 5. The predicted molar refractivity (Wildman–Crippen MR) is 70.2 cm³/mol. The molecule has 2 rings (SSSR count). The number of carbonyl (C=O) groups is 2. The average molecular weight is 292 g/mol. The van der Waals surface area contributed by atoms with Gasteiger partial charge in [0.1, 0.15) is 17.9 Å². The highest BCUT2D eigenvalue weighted by atomic mass is 16.5. The third-order valence-corrected chi connectivity index (χ3v) is 2.56. The Kier molecular flexibility index (Phi) is 4.19. The van der Waals surface area contributed by atoms with Crippen LogP contribution >= 0.6 is 0 Å². The Morgan fingerprint density at radius 2 is 2.14 bits per heavy atom.